The number of thiazole rings is 1. The normalized spacial score (nSPS) is 11.7. The zero-order chi connectivity index (χ0) is 14.1. The van der Waals surface area contributed by atoms with Crippen molar-refractivity contribution in [1.82, 2.24) is 15.6 Å². The lowest BCUT2D eigenvalue weighted by atomic mass is 10.4. The predicted molar refractivity (Wildman–Crippen MR) is 87.7 cm³/mol. The van der Waals surface area contributed by atoms with Crippen molar-refractivity contribution in [2.24, 2.45) is 4.99 Å². The number of nitrogens with zero attached hydrogens (tertiary/aromatic N) is 2. The monoisotopic (exact) mass is 300 g/mol. The number of nitrogens with one attached hydrogen (secondary N) is 2. The molecule has 0 amide bonds. The summed E-state index contributed by atoms with van der Waals surface area (Å²) in [5.74, 6) is 1.96. The Balaban J connectivity index is 2.37. The summed E-state index contributed by atoms with van der Waals surface area (Å²) in [5, 5.41) is 7.81. The van der Waals surface area contributed by atoms with E-state index in [0.717, 1.165) is 43.5 Å². The van der Waals surface area contributed by atoms with Gasteiger partial charge in [0.15, 0.2) is 5.96 Å². The maximum absolute atomic E-state index is 4.54. The lowest BCUT2D eigenvalue weighted by Gasteiger charge is -2.10. The summed E-state index contributed by atoms with van der Waals surface area (Å²) in [7, 11) is 0. The fourth-order valence-corrected chi connectivity index (χ4v) is 2.73. The van der Waals surface area contributed by atoms with Crippen LogP contribution in [0.3, 0.4) is 0 Å². The topological polar surface area (TPSA) is 49.3 Å². The number of aromatic nitrogens is 1. The third-order valence-corrected chi connectivity index (χ3v) is 4.34. The van der Waals surface area contributed by atoms with E-state index in [1.54, 1.807) is 11.3 Å². The fraction of sp³-hybridized carbons (Fsp3) is 0.692. The summed E-state index contributed by atoms with van der Waals surface area (Å²) in [6, 6.07) is 0. The van der Waals surface area contributed by atoms with Crippen LogP contribution >= 0.6 is 23.1 Å². The molecule has 0 aromatic carbocycles. The molecule has 108 valence electrons. The van der Waals surface area contributed by atoms with Gasteiger partial charge in [0.2, 0.25) is 0 Å². The van der Waals surface area contributed by atoms with E-state index in [4.69, 9.17) is 0 Å². The van der Waals surface area contributed by atoms with Gasteiger partial charge in [-0.2, -0.15) is 11.8 Å². The number of aliphatic imine (C=N–C) groups is 1. The lowest BCUT2D eigenvalue weighted by Crippen LogP contribution is -2.38. The Kier molecular flexibility index (Phi) is 7.90. The van der Waals surface area contributed by atoms with Crippen molar-refractivity contribution < 1.29 is 0 Å². The third-order valence-electron chi connectivity index (χ3n) is 2.61. The highest BCUT2D eigenvalue weighted by Crippen LogP contribution is 2.16. The molecule has 0 unspecified atom stereocenters. The third kappa shape index (κ3) is 6.29. The van der Waals surface area contributed by atoms with Gasteiger partial charge in [-0.25, -0.2) is 4.98 Å². The van der Waals surface area contributed by atoms with Gasteiger partial charge in [0, 0.05) is 30.1 Å². The number of guanidine groups is 1. The lowest BCUT2D eigenvalue weighted by molar-refractivity contribution is 0.799. The Morgan fingerprint density at radius 3 is 2.74 bits per heavy atom. The Hall–Kier alpha value is -0.750. The maximum atomic E-state index is 4.54. The Morgan fingerprint density at radius 2 is 2.16 bits per heavy atom. The molecule has 19 heavy (non-hydrogen) atoms. The molecule has 0 saturated carbocycles. The van der Waals surface area contributed by atoms with Crippen molar-refractivity contribution in [3.05, 3.63) is 15.6 Å². The van der Waals surface area contributed by atoms with Crippen molar-refractivity contribution in [2.45, 2.75) is 27.2 Å². The van der Waals surface area contributed by atoms with Crippen LogP contribution in [0.4, 0.5) is 0 Å². The van der Waals surface area contributed by atoms with Crippen molar-refractivity contribution in [3.63, 3.8) is 0 Å². The van der Waals surface area contributed by atoms with Crippen molar-refractivity contribution in [3.8, 4) is 0 Å². The number of thioether (sulfide) groups is 1. The molecular formula is C13H24N4S2. The van der Waals surface area contributed by atoms with Crippen LogP contribution in [-0.4, -0.2) is 42.6 Å². The van der Waals surface area contributed by atoms with Crippen LogP contribution in [0.1, 0.15) is 22.5 Å². The average molecular weight is 300 g/mol. The molecule has 0 spiro atoms. The van der Waals surface area contributed by atoms with Gasteiger partial charge in [0.05, 0.1) is 17.2 Å². The van der Waals surface area contributed by atoms with Crippen LogP contribution < -0.4 is 10.6 Å². The Labute approximate surface area is 124 Å². The van der Waals surface area contributed by atoms with Crippen LogP contribution in [0, 0.1) is 13.8 Å². The number of aryl methyl sites for hydroxylation is 2. The minimum Gasteiger partial charge on any atom is -0.357 e. The number of hydrogen-bond donors (Lipinski definition) is 2. The molecule has 0 aliphatic rings. The molecule has 0 radical (unpaired) electrons. The second-order valence-electron chi connectivity index (χ2n) is 4.18. The Morgan fingerprint density at radius 1 is 1.37 bits per heavy atom. The average Bonchev–Trinajstić information content (AvgIpc) is 2.69. The molecule has 0 saturated heterocycles. The molecule has 2 N–H and O–H groups in total. The van der Waals surface area contributed by atoms with Gasteiger partial charge in [0.25, 0.3) is 0 Å². The summed E-state index contributed by atoms with van der Waals surface area (Å²) in [6.07, 6.45) is 3.05. The molecule has 1 aromatic rings. The first-order valence-corrected chi connectivity index (χ1v) is 8.82. The van der Waals surface area contributed by atoms with Gasteiger partial charge in [-0.3, -0.25) is 4.99 Å². The van der Waals surface area contributed by atoms with E-state index in [2.05, 4.69) is 47.6 Å². The maximum Gasteiger partial charge on any atom is 0.191 e. The van der Waals surface area contributed by atoms with Crippen molar-refractivity contribution >= 4 is 29.1 Å². The zero-order valence-electron chi connectivity index (χ0n) is 12.2. The van der Waals surface area contributed by atoms with Gasteiger partial charge >= 0.3 is 0 Å². The van der Waals surface area contributed by atoms with Crippen LogP contribution in [0.25, 0.3) is 0 Å². The Bertz CT molecular complexity index is 382. The van der Waals surface area contributed by atoms with E-state index in [0.29, 0.717) is 0 Å². The van der Waals surface area contributed by atoms with Gasteiger partial charge in [-0.1, -0.05) is 0 Å². The molecule has 0 fully saturated rings. The summed E-state index contributed by atoms with van der Waals surface area (Å²) in [4.78, 5) is 10.4. The van der Waals surface area contributed by atoms with Crippen molar-refractivity contribution in [2.75, 3.05) is 31.6 Å². The second kappa shape index (κ2) is 9.20. The highest BCUT2D eigenvalue weighted by atomic mass is 32.2. The highest BCUT2D eigenvalue weighted by molar-refractivity contribution is 7.98. The number of hydrogen-bond acceptors (Lipinski definition) is 4. The van der Waals surface area contributed by atoms with Crippen LogP contribution in [0.2, 0.25) is 0 Å². The fourth-order valence-electron chi connectivity index (χ4n) is 1.52. The highest BCUT2D eigenvalue weighted by Gasteiger charge is 2.03. The summed E-state index contributed by atoms with van der Waals surface area (Å²) >= 11 is 3.60. The summed E-state index contributed by atoms with van der Waals surface area (Å²) in [5.41, 5.74) is 1.15. The van der Waals surface area contributed by atoms with Gasteiger partial charge in [0.1, 0.15) is 0 Å². The largest absolute Gasteiger partial charge is 0.357 e. The van der Waals surface area contributed by atoms with E-state index in [9.17, 15) is 0 Å². The van der Waals surface area contributed by atoms with Gasteiger partial charge < -0.3 is 10.6 Å². The van der Waals surface area contributed by atoms with Crippen LogP contribution in [-0.2, 0) is 6.42 Å². The molecule has 0 bridgehead atoms. The van der Waals surface area contributed by atoms with E-state index in [1.807, 2.05) is 11.8 Å². The first kappa shape index (κ1) is 16.3. The van der Waals surface area contributed by atoms with Crippen LogP contribution in [0.5, 0.6) is 0 Å². The predicted octanol–water partition coefficient (Wildman–Crippen LogP) is 2.22. The smallest absolute Gasteiger partial charge is 0.191 e. The molecular weight excluding hydrogens is 276 g/mol. The molecule has 6 heteroatoms. The molecule has 1 heterocycles. The summed E-state index contributed by atoms with van der Waals surface area (Å²) < 4.78 is 0. The van der Waals surface area contributed by atoms with Gasteiger partial charge in [-0.05, 0) is 27.0 Å². The van der Waals surface area contributed by atoms with E-state index in [-0.39, 0.29) is 0 Å². The minimum atomic E-state index is 0.853. The minimum absolute atomic E-state index is 0.853. The van der Waals surface area contributed by atoms with Crippen LogP contribution in [0.15, 0.2) is 4.99 Å². The molecule has 0 atom stereocenters. The first-order chi connectivity index (χ1) is 9.17. The van der Waals surface area contributed by atoms with E-state index >= 15 is 0 Å². The SMILES string of the molecule is CCNC(=NCCSC)NCCc1nc(C)c(C)s1. The van der Waals surface area contributed by atoms with E-state index < -0.39 is 0 Å². The molecule has 1 aromatic heterocycles. The molecule has 1 rings (SSSR count). The van der Waals surface area contributed by atoms with E-state index in [1.165, 1.54) is 9.88 Å². The first-order valence-electron chi connectivity index (χ1n) is 6.61. The molecule has 0 aliphatic carbocycles. The van der Waals surface area contributed by atoms with Crippen molar-refractivity contribution in [1.29, 1.82) is 0 Å². The molecule has 4 nitrogen and oxygen atoms in total. The van der Waals surface area contributed by atoms with Gasteiger partial charge in [-0.15, -0.1) is 11.3 Å². The second-order valence-corrected chi connectivity index (χ2v) is 6.45. The summed E-state index contributed by atoms with van der Waals surface area (Å²) in [6.45, 7) is 8.89. The molecule has 0 aliphatic heterocycles. The quantitative estimate of drug-likeness (QED) is 0.460. The standard InChI is InChI=1S/C13H24N4S2/c1-5-14-13(16-8-9-18-4)15-7-6-12-17-10(2)11(3)19-12/h5-9H2,1-4H3,(H2,14,15,16). The zero-order valence-corrected chi connectivity index (χ0v) is 13.9. The number of rotatable bonds is 7.